The van der Waals surface area contributed by atoms with Gasteiger partial charge in [0.1, 0.15) is 17.6 Å². The first kappa shape index (κ1) is 27.7. The molecule has 0 aromatic heterocycles. The molecule has 38 heavy (non-hydrogen) atoms. The van der Waals surface area contributed by atoms with Crippen LogP contribution in [0.4, 0.5) is 0 Å². The summed E-state index contributed by atoms with van der Waals surface area (Å²) in [5.74, 6) is 1.41. The zero-order valence-corrected chi connectivity index (χ0v) is 23.8. The molecule has 0 unspecified atom stereocenters. The Hall–Kier alpha value is -3.32. The van der Waals surface area contributed by atoms with E-state index in [2.05, 4.69) is 15.9 Å². The zero-order chi connectivity index (χ0) is 27.1. The van der Waals surface area contributed by atoms with E-state index < -0.39 is 0 Å². The Labute approximate surface area is 233 Å². The molecule has 7 heteroatoms. The largest absolute Gasteiger partial charge is 0.496 e. The number of aryl methyl sites for hydroxylation is 1. The van der Waals surface area contributed by atoms with Crippen molar-refractivity contribution in [2.24, 2.45) is 5.92 Å². The third-order valence-corrected chi connectivity index (χ3v) is 7.50. The Balaban J connectivity index is 1.48. The second-order valence-corrected chi connectivity index (χ2v) is 10.8. The fourth-order valence-corrected chi connectivity index (χ4v) is 5.33. The lowest BCUT2D eigenvalue weighted by molar-refractivity contribution is -0.138. The molecule has 6 nitrogen and oxygen atoms in total. The normalized spacial score (nSPS) is 17.1. The van der Waals surface area contributed by atoms with E-state index in [0.29, 0.717) is 38.2 Å². The number of rotatable bonds is 9. The van der Waals surface area contributed by atoms with Crippen LogP contribution in [0.15, 0.2) is 77.3 Å². The molecule has 3 aromatic carbocycles. The van der Waals surface area contributed by atoms with Crippen molar-refractivity contribution in [1.82, 2.24) is 9.80 Å². The smallest absolute Gasteiger partial charge is 0.227 e. The molecule has 2 atom stereocenters. The van der Waals surface area contributed by atoms with Gasteiger partial charge in [0.25, 0.3) is 0 Å². The highest BCUT2D eigenvalue weighted by atomic mass is 79.9. The Kier molecular flexibility index (Phi) is 9.45. The summed E-state index contributed by atoms with van der Waals surface area (Å²) in [4.78, 5) is 30.3. The number of ether oxygens (including phenoxy) is 2. The first-order valence-corrected chi connectivity index (χ1v) is 13.7. The standard InChI is InChI=1S/C31H35BrN2O4/c1-22-12-13-28(37-3)24(16-22)17-31(36)34-15-14-29(38-27-11-7-10-26(32)19-27)25(21-34)18-30(35)33(2)20-23-8-5-4-6-9-23/h4-13,16,19,25,29H,14-15,17-18,20-21H2,1-3H3/t25-,29-/m0/s1. The molecule has 3 aromatic rings. The minimum Gasteiger partial charge on any atom is -0.496 e. The van der Waals surface area contributed by atoms with Gasteiger partial charge in [-0.25, -0.2) is 0 Å². The van der Waals surface area contributed by atoms with E-state index in [9.17, 15) is 9.59 Å². The van der Waals surface area contributed by atoms with E-state index >= 15 is 0 Å². The Morgan fingerprint density at radius 3 is 2.58 bits per heavy atom. The Bertz CT molecular complexity index is 1250. The van der Waals surface area contributed by atoms with Crippen molar-refractivity contribution >= 4 is 27.7 Å². The van der Waals surface area contributed by atoms with Crippen LogP contribution < -0.4 is 9.47 Å². The molecule has 1 aliphatic rings. The van der Waals surface area contributed by atoms with E-state index in [1.165, 1.54) is 0 Å². The van der Waals surface area contributed by atoms with Crippen molar-refractivity contribution in [1.29, 1.82) is 0 Å². The van der Waals surface area contributed by atoms with Gasteiger partial charge in [-0.3, -0.25) is 9.59 Å². The summed E-state index contributed by atoms with van der Waals surface area (Å²) in [6.07, 6.45) is 1.05. The number of halogens is 1. The van der Waals surface area contributed by atoms with Crippen molar-refractivity contribution in [2.75, 3.05) is 27.2 Å². The number of nitrogens with zero attached hydrogens (tertiary/aromatic N) is 2. The van der Waals surface area contributed by atoms with Gasteiger partial charge in [-0.15, -0.1) is 0 Å². The molecule has 1 aliphatic heterocycles. The zero-order valence-electron chi connectivity index (χ0n) is 22.2. The number of piperidine rings is 1. The predicted octanol–water partition coefficient (Wildman–Crippen LogP) is 5.65. The number of hydrogen-bond donors (Lipinski definition) is 0. The fraction of sp³-hybridized carbons (Fsp3) is 0.355. The number of methoxy groups -OCH3 is 1. The van der Waals surface area contributed by atoms with Gasteiger partial charge in [-0.05, 0) is 36.8 Å². The topological polar surface area (TPSA) is 59.1 Å². The third-order valence-electron chi connectivity index (χ3n) is 7.00. The van der Waals surface area contributed by atoms with Crippen molar-refractivity contribution in [2.45, 2.75) is 38.8 Å². The van der Waals surface area contributed by atoms with Crippen LogP contribution >= 0.6 is 15.9 Å². The van der Waals surface area contributed by atoms with E-state index in [1.54, 1.807) is 12.0 Å². The van der Waals surface area contributed by atoms with Crippen LogP contribution in [0.3, 0.4) is 0 Å². The second-order valence-electron chi connectivity index (χ2n) is 9.93. The van der Waals surface area contributed by atoms with Crippen LogP contribution in [-0.2, 0) is 22.6 Å². The lowest BCUT2D eigenvalue weighted by Gasteiger charge is -2.39. The van der Waals surface area contributed by atoms with Crippen molar-refractivity contribution in [3.63, 3.8) is 0 Å². The van der Waals surface area contributed by atoms with Gasteiger partial charge >= 0.3 is 0 Å². The average Bonchev–Trinajstić information content (AvgIpc) is 2.90. The van der Waals surface area contributed by atoms with Crippen molar-refractivity contribution in [3.8, 4) is 11.5 Å². The summed E-state index contributed by atoms with van der Waals surface area (Å²) < 4.78 is 12.8. The summed E-state index contributed by atoms with van der Waals surface area (Å²) in [6, 6.07) is 23.6. The number of likely N-dealkylation sites (tertiary alicyclic amines) is 1. The molecule has 0 bridgehead atoms. The molecular weight excluding hydrogens is 544 g/mol. The Morgan fingerprint density at radius 1 is 1.05 bits per heavy atom. The molecule has 4 rings (SSSR count). The number of carbonyl (C=O) groups excluding carboxylic acids is 2. The molecule has 1 heterocycles. The Morgan fingerprint density at radius 2 is 1.84 bits per heavy atom. The predicted molar refractivity (Wildman–Crippen MR) is 152 cm³/mol. The molecule has 1 saturated heterocycles. The number of amides is 2. The molecule has 0 aliphatic carbocycles. The number of carbonyl (C=O) groups is 2. The second kappa shape index (κ2) is 13.0. The molecule has 0 saturated carbocycles. The SMILES string of the molecule is COc1ccc(C)cc1CC(=O)N1CC[C@H](Oc2cccc(Br)c2)[C@@H](CC(=O)N(C)Cc2ccccc2)C1. The molecule has 0 spiro atoms. The summed E-state index contributed by atoms with van der Waals surface area (Å²) in [5.41, 5.74) is 3.04. The highest BCUT2D eigenvalue weighted by Gasteiger charge is 2.35. The van der Waals surface area contributed by atoms with Crippen LogP contribution in [0.1, 0.15) is 29.5 Å². The van der Waals surface area contributed by atoms with E-state index in [-0.39, 0.29) is 30.3 Å². The van der Waals surface area contributed by atoms with Crippen molar-refractivity contribution < 1.29 is 19.1 Å². The maximum atomic E-state index is 13.4. The first-order valence-electron chi connectivity index (χ1n) is 12.9. The minimum absolute atomic E-state index is 0.0323. The third kappa shape index (κ3) is 7.38. The van der Waals surface area contributed by atoms with Crippen molar-refractivity contribution in [3.05, 3.63) is 94.0 Å². The summed E-state index contributed by atoms with van der Waals surface area (Å²) in [6.45, 7) is 3.60. The average molecular weight is 580 g/mol. The molecule has 1 fully saturated rings. The van der Waals surface area contributed by atoms with Gasteiger partial charge in [0.15, 0.2) is 0 Å². The monoisotopic (exact) mass is 578 g/mol. The highest BCUT2D eigenvalue weighted by Crippen LogP contribution is 2.29. The lowest BCUT2D eigenvalue weighted by Crippen LogP contribution is -2.49. The van der Waals surface area contributed by atoms with Crippen LogP contribution in [-0.4, -0.2) is 55.0 Å². The van der Waals surface area contributed by atoms with Crippen LogP contribution in [0.5, 0.6) is 11.5 Å². The van der Waals surface area contributed by atoms with E-state index in [4.69, 9.17) is 9.47 Å². The summed E-state index contributed by atoms with van der Waals surface area (Å²) in [7, 11) is 3.45. The van der Waals surface area contributed by atoms with Crippen LogP contribution in [0, 0.1) is 12.8 Å². The van der Waals surface area contributed by atoms with Gasteiger partial charge in [0.2, 0.25) is 11.8 Å². The van der Waals surface area contributed by atoms with Gasteiger partial charge in [-0.1, -0.05) is 70.0 Å². The molecular formula is C31H35BrN2O4. The van der Waals surface area contributed by atoms with Gasteiger partial charge in [0.05, 0.1) is 13.5 Å². The fourth-order valence-electron chi connectivity index (χ4n) is 4.95. The summed E-state index contributed by atoms with van der Waals surface area (Å²) in [5, 5.41) is 0. The van der Waals surface area contributed by atoms with E-state index in [1.807, 2.05) is 91.7 Å². The maximum absolute atomic E-state index is 13.4. The quantitative estimate of drug-likeness (QED) is 0.329. The first-order chi connectivity index (χ1) is 18.3. The van der Waals surface area contributed by atoms with Gasteiger partial charge < -0.3 is 19.3 Å². The van der Waals surface area contributed by atoms with Gasteiger partial charge in [-0.2, -0.15) is 0 Å². The molecule has 0 N–H and O–H groups in total. The molecule has 0 radical (unpaired) electrons. The van der Waals surface area contributed by atoms with E-state index in [0.717, 1.165) is 26.9 Å². The maximum Gasteiger partial charge on any atom is 0.227 e. The molecule has 200 valence electrons. The number of benzene rings is 3. The van der Waals surface area contributed by atoms with Gasteiger partial charge in [0, 0.05) is 55.5 Å². The van der Waals surface area contributed by atoms with Crippen LogP contribution in [0.25, 0.3) is 0 Å². The van der Waals surface area contributed by atoms with Crippen LogP contribution in [0.2, 0.25) is 0 Å². The summed E-state index contributed by atoms with van der Waals surface area (Å²) >= 11 is 3.51. The minimum atomic E-state index is -0.170. The lowest BCUT2D eigenvalue weighted by atomic mass is 9.90. The molecule has 2 amide bonds. The number of hydrogen-bond acceptors (Lipinski definition) is 4. The highest BCUT2D eigenvalue weighted by molar-refractivity contribution is 9.10.